The summed E-state index contributed by atoms with van der Waals surface area (Å²) in [6.07, 6.45) is 1.32. The highest BCUT2D eigenvalue weighted by atomic mass is 32.2. The molecule has 0 saturated carbocycles. The number of ether oxygens (including phenoxy) is 1. The first-order valence-corrected chi connectivity index (χ1v) is 6.66. The Balaban J connectivity index is 1.99. The van der Waals surface area contributed by atoms with Crippen molar-refractivity contribution in [3.8, 4) is 6.07 Å². The molecule has 1 aliphatic rings. The zero-order chi connectivity index (χ0) is 12.3. The molecule has 0 bridgehead atoms. The lowest BCUT2D eigenvalue weighted by Gasteiger charge is -2.13. The van der Waals surface area contributed by atoms with E-state index >= 15 is 0 Å². The molecule has 1 heterocycles. The molecule has 2 unspecified atom stereocenters. The number of nitrogens with zero attached hydrogens (tertiary/aromatic N) is 1. The molecule has 1 aromatic rings. The molecule has 0 spiro atoms. The summed E-state index contributed by atoms with van der Waals surface area (Å²) in [5.74, 6) is 0.389. The molecule has 17 heavy (non-hydrogen) atoms. The van der Waals surface area contributed by atoms with E-state index in [1.165, 1.54) is 12.1 Å². The maximum Gasteiger partial charge on any atom is 0.124 e. The molecule has 1 fully saturated rings. The molecule has 90 valence electrons. The van der Waals surface area contributed by atoms with Crippen LogP contribution in [0.2, 0.25) is 0 Å². The molecule has 2 nitrogen and oxygen atoms in total. The smallest absolute Gasteiger partial charge is 0.124 e. The van der Waals surface area contributed by atoms with E-state index in [1.54, 1.807) is 17.8 Å². The van der Waals surface area contributed by atoms with Crippen LogP contribution in [0.15, 0.2) is 18.2 Å². The number of benzene rings is 1. The van der Waals surface area contributed by atoms with Gasteiger partial charge in [0.05, 0.1) is 17.7 Å². The average molecular weight is 251 g/mol. The van der Waals surface area contributed by atoms with Gasteiger partial charge in [0, 0.05) is 17.6 Å². The highest BCUT2D eigenvalue weighted by Gasteiger charge is 2.24. The SMILES string of the molecule is CC1OCCC1SCc1cc(F)cc(C#N)c1. The second-order valence-corrected chi connectivity index (χ2v) is 5.40. The molecule has 1 aliphatic heterocycles. The standard InChI is InChI=1S/C13H14FNOS/c1-9-13(2-3-16-9)17-8-11-4-10(7-15)5-12(14)6-11/h4-6,9,13H,2-3,8H2,1H3. The number of hydrogen-bond acceptors (Lipinski definition) is 3. The van der Waals surface area contributed by atoms with Crippen molar-refractivity contribution in [2.24, 2.45) is 0 Å². The van der Waals surface area contributed by atoms with Crippen LogP contribution in [0.5, 0.6) is 0 Å². The van der Waals surface area contributed by atoms with E-state index in [2.05, 4.69) is 6.92 Å². The predicted octanol–water partition coefficient (Wildman–Crippen LogP) is 3.11. The molecule has 2 rings (SSSR count). The maximum absolute atomic E-state index is 13.2. The van der Waals surface area contributed by atoms with Crippen molar-refractivity contribution < 1.29 is 9.13 Å². The zero-order valence-electron chi connectivity index (χ0n) is 9.65. The van der Waals surface area contributed by atoms with Crippen LogP contribution in [0.3, 0.4) is 0 Å². The largest absolute Gasteiger partial charge is 0.377 e. The molecule has 0 aliphatic carbocycles. The van der Waals surface area contributed by atoms with Gasteiger partial charge in [-0.25, -0.2) is 4.39 Å². The van der Waals surface area contributed by atoms with Crippen LogP contribution in [-0.2, 0) is 10.5 Å². The first kappa shape index (κ1) is 12.4. The van der Waals surface area contributed by atoms with Gasteiger partial charge in [0.1, 0.15) is 5.82 Å². The van der Waals surface area contributed by atoms with E-state index in [9.17, 15) is 4.39 Å². The minimum atomic E-state index is -0.338. The number of hydrogen-bond donors (Lipinski definition) is 0. The Hall–Kier alpha value is -1.05. The second-order valence-electron chi connectivity index (χ2n) is 4.17. The summed E-state index contributed by atoms with van der Waals surface area (Å²) >= 11 is 1.77. The van der Waals surface area contributed by atoms with Gasteiger partial charge in [-0.2, -0.15) is 17.0 Å². The molecule has 4 heteroatoms. The fraction of sp³-hybridized carbons (Fsp3) is 0.462. The van der Waals surface area contributed by atoms with Crippen molar-refractivity contribution in [2.75, 3.05) is 6.61 Å². The van der Waals surface area contributed by atoms with E-state index in [-0.39, 0.29) is 11.9 Å². The Bertz CT molecular complexity index is 444. The number of thioether (sulfide) groups is 1. The van der Waals surface area contributed by atoms with Gasteiger partial charge in [-0.1, -0.05) is 0 Å². The summed E-state index contributed by atoms with van der Waals surface area (Å²) in [6.45, 7) is 2.88. The number of rotatable bonds is 3. The topological polar surface area (TPSA) is 33.0 Å². The van der Waals surface area contributed by atoms with Gasteiger partial charge in [0.15, 0.2) is 0 Å². The lowest BCUT2D eigenvalue weighted by molar-refractivity contribution is 0.127. The van der Waals surface area contributed by atoms with E-state index in [4.69, 9.17) is 10.00 Å². The quantitative estimate of drug-likeness (QED) is 0.827. The van der Waals surface area contributed by atoms with E-state index < -0.39 is 0 Å². The molecule has 0 radical (unpaired) electrons. The van der Waals surface area contributed by atoms with Gasteiger partial charge in [-0.3, -0.25) is 0 Å². The van der Waals surface area contributed by atoms with Crippen LogP contribution >= 0.6 is 11.8 Å². The number of nitriles is 1. The monoisotopic (exact) mass is 251 g/mol. The molecule has 1 aromatic carbocycles. The molecule has 1 saturated heterocycles. The van der Waals surface area contributed by atoms with Crippen LogP contribution < -0.4 is 0 Å². The second kappa shape index (κ2) is 5.52. The molecule has 0 N–H and O–H groups in total. The van der Waals surface area contributed by atoms with Gasteiger partial charge < -0.3 is 4.74 Å². The molecular formula is C13H14FNOS. The van der Waals surface area contributed by atoms with Crippen LogP contribution in [0.1, 0.15) is 24.5 Å². The number of halogens is 1. The predicted molar refractivity (Wildman–Crippen MR) is 66.2 cm³/mol. The fourth-order valence-corrected chi connectivity index (χ4v) is 3.12. The first-order chi connectivity index (χ1) is 8.19. The molecule has 0 aromatic heterocycles. The lowest BCUT2D eigenvalue weighted by Crippen LogP contribution is -2.13. The molecule has 0 amide bonds. The van der Waals surface area contributed by atoms with Crippen LogP contribution in [0, 0.1) is 17.1 Å². The van der Waals surface area contributed by atoms with Crippen molar-refractivity contribution in [1.82, 2.24) is 0 Å². The average Bonchev–Trinajstić information content (AvgIpc) is 2.71. The third kappa shape index (κ3) is 3.21. The summed E-state index contributed by atoms with van der Waals surface area (Å²) < 4.78 is 18.7. The summed E-state index contributed by atoms with van der Waals surface area (Å²) in [4.78, 5) is 0. The van der Waals surface area contributed by atoms with Gasteiger partial charge in [0.2, 0.25) is 0 Å². The molecular weight excluding hydrogens is 237 g/mol. The Morgan fingerprint density at radius 1 is 1.53 bits per heavy atom. The van der Waals surface area contributed by atoms with Gasteiger partial charge in [0.25, 0.3) is 0 Å². The van der Waals surface area contributed by atoms with Crippen molar-refractivity contribution in [2.45, 2.75) is 30.5 Å². The summed E-state index contributed by atoms with van der Waals surface area (Å²) in [6, 6.07) is 6.47. The van der Waals surface area contributed by atoms with Crippen LogP contribution in [0.4, 0.5) is 4.39 Å². The summed E-state index contributed by atoms with van der Waals surface area (Å²) in [5.41, 5.74) is 1.25. The Morgan fingerprint density at radius 3 is 3.00 bits per heavy atom. The first-order valence-electron chi connectivity index (χ1n) is 5.62. The minimum absolute atomic E-state index is 0.268. The van der Waals surface area contributed by atoms with Crippen molar-refractivity contribution in [3.05, 3.63) is 35.1 Å². The molecule has 2 atom stereocenters. The lowest BCUT2D eigenvalue weighted by atomic mass is 10.1. The van der Waals surface area contributed by atoms with Gasteiger partial charge >= 0.3 is 0 Å². The normalized spacial score (nSPS) is 23.6. The zero-order valence-corrected chi connectivity index (χ0v) is 10.5. The minimum Gasteiger partial charge on any atom is -0.377 e. The Kier molecular flexibility index (Phi) is 4.03. The van der Waals surface area contributed by atoms with E-state index in [0.29, 0.717) is 10.8 Å². The highest BCUT2D eigenvalue weighted by molar-refractivity contribution is 7.99. The Morgan fingerprint density at radius 2 is 2.35 bits per heavy atom. The van der Waals surface area contributed by atoms with E-state index in [1.807, 2.05) is 6.07 Å². The van der Waals surface area contributed by atoms with Crippen molar-refractivity contribution in [1.29, 1.82) is 5.26 Å². The van der Waals surface area contributed by atoms with Crippen LogP contribution in [-0.4, -0.2) is 18.0 Å². The van der Waals surface area contributed by atoms with Crippen LogP contribution in [0.25, 0.3) is 0 Å². The third-order valence-corrected chi connectivity index (χ3v) is 4.40. The third-order valence-electron chi connectivity index (χ3n) is 2.86. The van der Waals surface area contributed by atoms with Crippen molar-refractivity contribution >= 4 is 11.8 Å². The Labute approximate surface area is 105 Å². The summed E-state index contributed by atoms with van der Waals surface area (Å²) in [7, 11) is 0. The fourth-order valence-electron chi connectivity index (χ4n) is 1.93. The van der Waals surface area contributed by atoms with Gasteiger partial charge in [-0.05, 0) is 37.1 Å². The van der Waals surface area contributed by atoms with Gasteiger partial charge in [-0.15, -0.1) is 0 Å². The maximum atomic E-state index is 13.2. The highest BCUT2D eigenvalue weighted by Crippen LogP contribution is 2.29. The van der Waals surface area contributed by atoms with E-state index in [0.717, 1.165) is 24.3 Å². The summed E-state index contributed by atoms with van der Waals surface area (Å²) in [5, 5.41) is 9.24. The van der Waals surface area contributed by atoms with Crippen molar-refractivity contribution in [3.63, 3.8) is 0 Å².